The summed E-state index contributed by atoms with van der Waals surface area (Å²) in [7, 11) is 1.72. The second-order valence-corrected chi connectivity index (χ2v) is 5.12. The Morgan fingerprint density at radius 3 is 2.74 bits per heavy atom. The molecule has 0 saturated carbocycles. The minimum absolute atomic E-state index is 0.439. The zero-order valence-corrected chi connectivity index (χ0v) is 12.2. The molecule has 0 bridgehead atoms. The van der Waals surface area contributed by atoms with Gasteiger partial charge in [0.25, 0.3) is 0 Å². The number of ether oxygens (including phenoxy) is 1. The van der Waals surface area contributed by atoms with E-state index in [0.717, 1.165) is 24.3 Å². The molecule has 19 heavy (non-hydrogen) atoms. The van der Waals surface area contributed by atoms with Crippen LogP contribution in [0.15, 0.2) is 22.6 Å². The van der Waals surface area contributed by atoms with Crippen LogP contribution in [0.2, 0.25) is 0 Å². The van der Waals surface area contributed by atoms with Gasteiger partial charge >= 0.3 is 0 Å². The van der Waals surface area contributed by atoms with Gasteiger partial charge in [-0.3, -0.25) is 0 Å². The molecule has 0 atom stereocenters. The van der Waals surface area contributed by atoms with E-state index in [4.69, 9.17) is 9.15 Å². The maximum atomic E-state index is 6.08. The minimum atomic E-state index is 0.439. The first-order valence-electron chi connectivity index (χ1n) is 6.91. The van der Waals surface area contributed by atoms with Crippen LogP contribution < -0.4 is 5.32 Å². The number of hydrogen-bond acceptors (Lipinski definition) is 3. The number of nitrogens with one attached hydrogen (secondary N) is 1. The van der Waals surface area contributed by atoms with Gasteiger partial charge in [0.15, 0.2) is 0 Å². The summed E-state index contributed by atoms with van der Waals surface area (Å²) in [5, 5.41) is 4.59. The predicted molar refractivity (Wildman–Crippen MR) is 78.3 cm³/mol. The maximum absolute atomic E-state index is 6.08. The summed E-state index contributed by atoms with van der Waals surface area (Å²) < 4.78 is 11.4. The Hall–Kier alpha value is -1.32. The van der Waals surface area contributed by atoms with Crippen molar-refractivity contribution in [1.82, 2.24) is 5.32 Å². The van der Waals surface area contributed by atoms with Gasteiger partial charge in [0, 0.05) is 24.1 Å². The van der Waals surface area contributed by atoms with Gasteiger partial charge in [-0.1, -0.05) is 39.0 Å². The molecule has 1 aromatic carbocycles. The molecule has 0 unspecified atom stereocenters. The summed E-state index contributed by atoms with van der Waals surface area (Å²) in [4.78, 5) is 0. The number of benzene rings is 1. The topological polar surface area (TPSA) is 34.4 Å². The molecule has 0 aliphatic heterocycles. The van der Waals surface area contributed by atoms with Gasteiger partial charge in [-0.15, -0.1) is 0 Å². The average molecular weight is 261 g/mol. The van der Waals surface area contributed by atoms with Crippen LogP contribution in [0.25, 0.3) is 11.0 Å². The molecule has 3 heteroatoms. The lowest BCUT2D eigenvalue weighted by molar-refractivity contribution is 0.183. The molecule has 0 spiro atoms. The van der Waals surface area contributed by atoms with Crippen molar-refractivity contribution in [2.45, 2.75) is 46.4 Å². The Bertz CT molecular complexity index is 543. The normalized spacial score (nSPS) is 11.6. The molecule has 1 aromatic heterocycles. The molecule has 0 aliphatic rings. The molecule has 1 heterocycles. The first-order chi connectivity index (χ1) is 9.17. The zero-order chi connectivity index (χ0) is 13.8. The highest BCUT2D eigenvalue weighted by Crippen LogP contribution is 2.29. The van der Waals surface area contributed by atoms with Crippen molar-refractivity contribution in [2.24, 2.45) is 0 Å². The van der Waals surface area contributed by atoms with Crippen molar-refractivity contribution >= 4 is 11.0 Å². The van der Waals surface area contributed by atoms with Gasteiger partial charge in [-0.05, 0) is 12.0 Å². The fourth-order valence-corrected chi connectivity index (χ4v) is 2.30. The van der Waals surface area contributed by atoms with Crippen molar-refractivity contribution in [3.8, 4) is 0 Å². The van der Waals surface area contributed by atoms with Crippen LogP contribution in [-0.2, 0) is 24.3 Å². The van der Waals surface area contributed by atoms with Crippen LogP contribution in [0, 0.1) is 0 Å². The summed E-state index contributed by atoms with van der Waals surface area (Å²) in [6, 6.07) is 6.78. The van der Waals surface area contributed by atoms with E-state index in [0.29, 0.717) is 12.6 Å². The van der Waals surface area contributed by atoms with Crippen molar-refractivity contribution < 1.29 is 9.15 Å². The van der Waals surface area contributed by atoms with Crippen LogP contribution in [0.4, 0.5) is 0 Å². The summed E-state index contributed by atoms with van der Waals surface area (Å²) in [6.07, 6.45) is 0.980. The first-order valence-corrected chi connectivity index (χ1v) is 6.91. The van der Waals surface area contributed by atoms with Crippen molar-refractivity contribution in [2.75, 3.05) is 7.11 Å². The predicted octanol–water partition coefficient (Wildman–Crippen LogP) is 3.64. The van der Waals surface area contributed by atoms with E-state index in [-0.39, 0.29) is 0 Å². The van der Waals surface area contributed by atoms with Crippen molar-refractivity contribution in [3.63, 3.8) is 0 Å². The van der Waals surface area contributed by atoms with E-state index < -0.39 is 0 Å². The molecule has 1 N–H and O–H groups in total. The second kappa shape index (κ2) is 6.22. The molecule has 0 radical (unpaired) electrons. The van der Waals surface area contributed by atoms with E-state index in [1.54, 1.807) is 7.11 Å². The van der Waals surface area contributed by atoms with Crippen LogP contribution in [0.3, 0.4) is 0 Å². The lowest BCUT2D eigenvalue weighted by Crippen LogP contribution is -2.22. The SMILES string of the molecule is CCc1cccc2c(COC)c(CNC(C)C)oc12. The fourth-order valence-electron chi connectivity index (χ4n) is 2.30. The Kier molecular flexibility index (Phi) is 4.61. The van der Waals surface area contributed by atoms with Crippen molar-refractivity contribution in [3.05, 3.63) is 35.1 Å². The molecule has 0 amide bonds. The van der Waals surface area contributed by atoms with Crippen LogP contribution >= 0.6 is 0 Å². The van der Waals surface area contributed by atoms with Gasteiger partial charge in [0.1, 0.15) is 11.3 Å². The van der Waals surface area contributed by atoms with Crippen LogP contribution in [0.5, 0.6) is 0 Å². The standard InChI is InChI=1S/C16H23NO2/c1-5-12-7-6-8-13-14(10-18-4)15(19-16(12)13)9-17-11(2)3/h6-8,11,17H,5,9-10H2,1-4H3. The summed E-state index contributed by atoms with van der Waals surface area (Å²) in [5.41, 5.74) is 3.43. The molecule has 3 nitrogen and oxygen atoms in total. The number of hydrogen-bond donors (Lipinski definition) is 1. The Morgan fingerprint density at radius 1 is 1.32 bits per heavy atom. The highest BCUT2D eigenvalue weighted by molar-refractivity contribution is 5.85. The zero-order valence-electron chi connectivity index (χ0n) is 12.2. The fraction of sp³-hybridized carbons (Fsp3) is 0.500. The third-order valence-corrected chi connectivity index (χ3v) is 3.32. The number of furan rings is 1. The van der Waals surface area contributed by atoms with Gasteiger partial charge in [0.05, 0.1) is 13.2 Å². The summed E-state index contributed by atoms with van der Waals surface area (Å²) in [5.74, 6) is 0.992. The first kappa shape index (κ1) is 14.1. The molecule has 2 aromatic rings. The molecule has 0 fully saturated rings. The number of methoxy groups -OCH3 is 1. The van der Waals surface area contributed by atoms with Gasteiger partial charge in [-0.2, -0.15) is 0 Å². The highest BCUT2D eigenvalue weighted by Gasteiger charge is 2.15. The lowest BCUT2D eigenvalue weighted by Gasteiger charge is -2.07. The highest BCUT2D eigenvalue weighted by atomic mass is 16.5. The summed E-state index contributed by atoms with van der Waals surface area (Å²) in [6.45, 7) is 7.76. The monoisotopic (exact) mass is 261 g/mol. The third kappa shape index (κ3) is 2.99. The molecule has 2 rings (SSSR count). The Morgan fingerprint density at radius 2 is 2.11 bits per heavy atom. The van der Waals surface area contributed by atoms with E-state index in [1.807, 2.05) is 0 Å². The lowest BCUT2D eigenvalue weighted by atomic mass is 10.1. The van der Waals surface area contributed by atoms with Gasteiger partial charge < -0.3 is 14.5 Å². The Labute approximate surface area is 114 Å². The number of para-hydroxylation sites is 1. The van der Waals surface area contributed by atoms with Crippen LogP contribution in [-0.4, -0.2) is 13.2 Å². The molecule has 0 aliphatic carbocycles. The second-order valence-electron chi connectivity index (χ2n) is 5.12. The van der Waals surface area contributed by atoms with Gasteiger partial charge in [-0.25, -0.2) is 0 Å². The molecular formula is C16H23NO2. The van der Waals surface area contributed by atoms with Gasteiger partial charge in [0.2, 0.25) is 0 Å². The number of fused-ring (bicyclic) bond motifs is 1. The van der Waals surface area contributed by atoms with Crippen molar-refractivity contribution in [1.29, 1.82) is 0 Å². The van der Waals surface area contributed by atoms with Crippen LogP contribution in [0.1, 0.15) is 37.7 Å². The maximum Gasteiger partial charge on any atom is 0.137 e. The minimum Gasteiger partial charge on any atom is -0.459 e. The molecule has 104 valence electrons. The number of aryl methyl sites for hydroxylation is 1. The van der Waals surface area contributed by atoms with E-state index in [9.17, 15) is 0 Å². The smallest absolute Gasteiger partial charge is 0.137 e. The van der Waals surface area contributed by atoms with E-state index >= 15 is 0 Å². The Balaban J connectivity index is 2.46. The third-order valence-electron chi connectivity index (χ3n) is 3.32. The van der Waals surface area contributed by atoms with E-state index in [1.165, 1.54) is 16.5 Å². The molecular weight excluding hydrogens is 238 g/mol. The summed E-state index contributed by atoms with van der Waals surface area (Å²) >= 11 is 0. The number of rotatable bonds is 6. The average Bonchev–Trinajstić information content (AvgIpc) is 2.75. The molecule has 0 saturated heterocycles. The quantitative estimate of drug-likeness (QED) is 0.862. The largest absolute Gasteiger partial charge is 0.459 e. The van der Waals surface area contributed by atoms with E-state index in [2.05, 4.69) is 44.3 Å².